The van der Waals surface area contributed by atoms with E-state index >= 15 is 0 Å². The molecule has 0 amide bonds. The summed E-state index contributed by atoms with van der Waals surface area (Å²) in [7, 11) is 2.02. The first-order valence-corrected chi connectivity index (χ1v) is 5.54. The van der Waals surface area contributed by atoms with Crippen LogP contribution in [0.1, 0.15) is 34.1 Å². The zero-order chi connectivity index (χ0) is 10.3. The molecule has 2 atom stereocenters. The molecule has 0 aromatic carbocycles. The highest BCUT2D eigenvalue weighted by Gasteiger charge is 2.12. The Labute approximate surface area is 83.7 Å². The standard InChI is InChI=1S/C11H26N2/c1-6-10(3)9-13(7-2)11(4)8-12-5/h10-12H,6-9H2,1-5H3. The van der Waals surface area contributed by atoms with Gasteiger partial charge in [-0.2, -0.15) is 0 Å². The van der Waals surface area contributed by atoms with E-state index in [1.165, 1.54) is 13.0 Å². The fraction of sp³-hybridized carbons (Fsp3) is 1.00. The van der Waals surface area contributed by atoms with Crippen LogP contribution in [0.2, 0.25) is 0 Å². The Kier molecular flexibility index (Phi) is 7.29. The third-order valence-electron chi connectivity index (χ3n) is 2.77. The van der Waals surface area contributed by atoms with Gasteiger partial charge in [-0.25, -0.2) is 0 Å². The smallest absolute Gasteiger partial charge is 0.0192 e. The van der Waals surface area contributed by atoms with E-state index in [4.69, 9.17) is 0 Å². The van der Waals surface area contributed by atoms with Crippen LogP contribution in [0.25, 0.3) is 0 Å². The zero-order valence-electron chi connectivity index (χ0n) is 9.93. The van der Waals surface area contributed by atoms with Crippen LogP contribution in [0.15, 0.2) is 0 Å². The van der Waals surface area contributed by atoms with Crippen LogP contribution in [0, 0.1) is 5.92 Å². The number of hydrogen-bond donors (Lipinski definition) is 1. The summed E-state index contributed by atoms with van der Waals surface area (Å²) in [5.74, 6) is 0.819. The first-order chi connectivity index (χ1) is 6.15. The predicted molar refractivity (Wildman–Crippen MR) is 60.1 cm³/mol. The Balaban J connectivity index is 3.86. The highest BCUT2D eigenvalue weighted by atomic mass is 15.2. The summed E-state index contributed by atoms with van der Waals surface area (Å²) in [4.78, 5) is 2.55. The van der Waals surface area contributed by atoms with Crippen molar-refractivity contribution in [3.05, 3.63) is 0 Å². The molecule has 2 nitrogen and oxygen atoms in total. The van der Waals surface area contributed by atoms with Crippen LogP contribution < -0.4 is 5.32 Å². The fourth-order valence-electron chi connectivity index (χ4n) is 1.57. The van der Waals surface area contributed by atoms with E-state index in [1.54, 1.807) is 0 Å². The topological polar surface area (TPSA) is 15.3 Å². The van der Waals surface area contributed by atoms with Gasteiger partial charge in [0.05, 0.1) is 0 Å². The number of hydrogen-bond acceptors (Lipinski definition) is 2. The predicted octanol–water partition coefficient (Wildman–Crippen LogP) is 1.96. The third-order valence-corrected chi connectivity index (χ3v) is 2.77. The molecule has 2 heteroatoms. The van der Waals surface area contributed by atoms with E-state index in [9.17, 15) is 0 Å². The maximum Gasteiger partial charge on any atom is 0.0192 e. The summed E-state index contributed by atoms with van der Waals surface area (Å²) in [5.41, 5.74) is 0. The van der Waals surface area contributed by atoms with Gasteiger partial charge >= 0.3 is 0 Å². The molecular formula is C11H26N2. The minimum atomic E-state index is 0.656. The van der Waals surface area contributed by atoms with Crippen molar-refractivity contribution in [1.29, 1.82) is 0 Å². The molecule has 0 aromatic rings. The molecule has 0 aliphatic rings. The van der Waals surface area contributed by atoms with E-state index in [0.717, 1.165) is 19.0 Å². The second-order valence-corrected chi connectivity index (χ2v) is 4.01. The number of rotatable bonds is 7. The molecule has 1 N–H and O–H groups in total. The lowest BCUT2D eigenvalue weighted by Gasteiger charge is -2.29. The van der Waals surface area contributed by atoms with Crippen LogP contribution in [-0.4, -0.2) is 37.6 Å². The van der Waals surface area contributed by atoms with Gasteiger partial charge in [0, 0.05) is 19.1 Å². The molecule has 0 bridgehead atoms. The molecule has 0 rings (SSSR count). The summed E-state index contributed by atoms with van der Waals surface area (Å²) in [6.45, 7) is 12.6. The second-order valence-electron chi connectivity index (χ2n) is 4.01. The molecule has 2 unspecified atom stereocenters. The molecule has 0 aromatic heterocycles. The van der Waals surface area contributed by atoms with Gasteiger partial charge in [0.15, 0.2) is 0 Å². The summed E-state index contributed by atoms with van der Waals surface area (Å²) in [6.07, 6.45) is 1.28. The maximum atomic E-state index is 3.23. The van der Waals surface area contributed by atoms with Gasteiger partial charge in [-0.3, -0.25) is 4.90 Å². The van der Waals surface area contributed by atoms with Crippen molar-refractivity contribution < 1.29 is 0 Å². The second kappa shape index (κ2) is 7.34. The quantitative estimate of drug-likeness (QED) is 0.654. The SMILES string of the molecule is CCC(C)CN(CC)C(C)CNC. The number of nitrogens with one attached hydrogen (secondary N) is 1. The van der Waals surface area contributed by atoms with Crippen LogP contribution >= 0.6 is 0 Å². The minimum Gasteiger partial charge on any atom is -0.318 e. The largest absolute Gasteiger partial charge is 0.318 e. The first kappa shape index (κ1) is 12.9. The molecular weight excluding hydrogens is 160 g/mol. The summed E-state index contributed by atoms with van der Waals surface area (Å²) in [5, 5.41) is 3.23. The highest BCUT2D eigenvalue weighted by Crippen LogP contribution is 2.07. The van der Waals surface area contributed by atoms with E-state index < -0.39 is 0 Å². The maximum absolute atomic E-state index is 3.23. The average molecular weight is 186 g/mol. The van der Waals surface area contributed by atoms with Gasteiger partial charge in [0.2, 0.25) is 0 Å². The lowest BCUT2D eigenvalue weighted by Crippen LogP contribution is -2.41. The lowest BCUT2D eigenvalue weighted by molar-refractivity contribution is 0.187. The van der Waals surface area contributed by atoms with Crippen LogP contribution in [0.5, 0.6) is 0 Å². The molecule has 0 heterocycles. The Morgan fingerprint density at radius 1 is 1.23 bits per heavy atom. The molecule has 0 saturated carbocycles. The van der Waals surface area contributed by atoms with Crippen molar-refractivity contribution in [2.24, 2.45) is 5.92 Å². The summed E-state index contributed by atoms with van der Waals surface area (Å²) < 4.78 is 0. The molecule has 0 spiro atoms. The van der Waals surface area contributed by atoms with Crippen molar-refractivity contribution in [1.82, 2.24) is 10.2 Å². The Morgan fingerprint density at radius 2 is 1.85 bits per heavy atom. The van der Waals surface area contributed by atoms with Gasteiger partial charge in [-0.15, -0.1) is 0 Å². The van der Waals surface area contributed by atoms with Crippen molar-refractivity contribution in [3.8, 4) is 0 Å². The van der Waals surface area contributed by atoms with E-state index in [1.807, 2.05) is 7.05 Å². The Hall–Kier alpha value is -0.0800. The fourth-order valence-corrected chi connectivity index (χ4v) is 1.57. The van der Waals surface area contributed by atoms with E-state index in [2.05, 4.69) is 37.9 Å². The van der Waals surface area contributed by atoms with Crippen molar-refractivity contribution >= 4 is 0 Å². The minimum absolute atomic E-state index is 0.656. The summed E-state index contributed by atoms with van der Waals surface area (Å²) in [6, 6.07) is 0.656. The average Bonchev–Trinajstić information content (AvgIpc) is 2.14. The van der Waals surface area contributed by atoms with Crippen molar-refractivity contribution in [3.63, 3.8) is 0 Å². The van der Waals surface area contributed by atoms with Gasteiger partial charge in [0.1, 0.15) is 0 Å². The van der Waals surface area contributed by atoms with Gasteiger partial charge in [-0.1, -0.05) is 27.2 Å². The zero-order valence-corrected chi connectivity index (χ0v) is 9.93. The van der Waals surface area contributed by atoms with Gasteiger partial charge in [-0.05, 0) is 26.4 Å². The molecule has 0 aliphatic carbocycles. The number of nitrogens with zero attached hydrogens (tertiary/aromatic N) is 1. The molecule has 80 valence electrons. The van der Waals surface area contributed by atoms with E-state index in [0.29, 0.717) is 6.04 Å². The molecule has 0 aliphatic heterocycles. The number of likely N-dealkylation sites (N-methyl/N-ethyl adjacent to an activating group) is 2. The molecule has 0 saturated heterocycles. The summed E-state index contributed by atoms with van der Waals surface area (Å²) >= 11 is 0. The lowest BCUT2D eigenvalue weighted by atomic mass is 10.1. The molecule has 13 heavy (non-hydrogen) atoms. The molecule has 0 fully saturated rings. The Bertz CT molecular complexity index is 115. The van der Waals surface area contributed by atoms with Gasteiger partial charge in [0.25, 0.3) is 0 Å². The first-order valence-electron chi connectivity index (χ1n) is 5.54. The van der Waals surface area contributed by atoms with Crippen LogP contribution in [0.4, 0.5) is 0 Å². The molecule has 0 radical (unpaired) electrons. The highest BCUT2D eigenvalue weighted by molar-refractivity contribution is 4.69. The van der Waals surface area contributed by atoms with E-state index in [-0.39, 0.29) is 0 Å². The van der Waals surface area contributed by atoms with Crippen LogP contribution in [0.3, 0.4) is 0 Å². The third kappa shape index (κ3) is 5.27. The monoisotopic (exact) mass is 186 g/mol. The van der Waals surface area contributed by atoms with Crippen molar-refractivity contribution in [2.45, 2.75) is 40.2 Å². The normalized spacial score (nSPS) is 16.2. The van der Waals surface area contributed by atoms with Crippen molar-refractivity contribution in [2.75, 3.05) is 26.7 Å². The van der Waals surface area contributed by atoms with Gasteiger partial charge < -0.3 is 5.32 Å². The van der Waals surface area contributed by atoms with Crippen LogP contribution in [-0.2, 0) is 0 Å². The Morgan fingerprint density at radius 3 is 2.23 bits per heavy atom.